The Morgan fingerprint density at radius 2 is 1.96 bits per heavy atom. The summed E-state index contributed by atoms with van der Waals surface area (Å²) in [6, 6.07) is 5.34. The zero-order valence-corrected chi connectivity index (χ0v) is 13.7. The van der Waals surface area contributed by atoms with Crippen LogP contribution >= 0.6 is 0 Å². The summed E-state index contributed by atoms with van der Waals surface area (Å²) in [5.41, 5.74) is 0.286. The van der Waals surface area contributed by atoms with E-state index in [-0.39, 0.29) is 36.8 Å². The van der Waals surface area contributed by atoms with Crippen LogP contribution in [0, 0.1) is 0 Å². The summed E-state index contributed by atoms with van der Waals surface area (Å²) >= 11 is 0. The average molecular weight is 346 g/mol. The van der Waals surface area contributed by atoms with Gasteiger partial charge >= 0.3 is 0 Å². The molecule has 0 fully saturated rings. The van der Waals surface area contributed by atoms with Crippen LogP contribution in [-0.2, 0) is 14.8 Å². The molecule has 0 bridgehead atoms. The summed E-state index contributed by atoms with van der Waals surface area (Å²) in [5.74, 6) is -0.400. The van der Waals surface area contributed by atoms with Gasteiger partial charge in [-0.05, 0) is 31.2 Å². The Kier molecular flexibility index (Phi) is 8.13. The van der Waals surface area contributed by atoms with E-state index in [1.165, 1.54) is 24.3 Å². The predicted octanol–water partition coefficient (Wildman–Crippen LogP) is -0.916. The van der Waals surface area contributed by atoms with Gasteiger partial charge in [0, 0.05) is 25.3 Å². The quantitative estimate of drug-likeness (QED) is 0.434. The molecule has 0 saturated carbocycles. The number of rotatable bonds is 10. The van der Waals surface area contributed by atoms with Gasteiger partial charge in [-0.2, -0.15) is 0 Å². The number of aliphatic hydroxyl groups is 2. The van der Waals surface area contributed by atoms with Gasteiger partial charge in [0.05, 0.1) is 24.2 Å². The van der Waals surface area contributed by atoms with E-state index in [0.29, 0.717) is 6.61 Å². The molecule has 9 heteroatoms. The molecule has 23 heavy (non-hydrogen) atoms. The third kappa shape index (κ3) is 6.63. The van der Waals surface area contributed by atoms with Crippen LogP contribution in [-0.4, -0.2) is 63.6 Å². The molecule has 1 amide bonds. The fourth-order valence-corrected chi connectivity index (χ4v) is 2.73. The first kappa shape index (κ1) is 19.5. The first-order chi connectivity index (χ1) is 10.9. The number of carbonyl (C=O) groups is 1. The Hall–Kier alpha value is -1.52. The Balaban J connectivity index is 2.65. The molecule has 0 spiro atoms. The number of sulfonamides is 1. The molecule has 0 aliphatic rings. The van der Waals surface area contributed by atoms with Gasteiger partial charge in [0.2, 0.25) is 10.0 Å². The summed E-state index contributed by atoms with van der Waals surface area (Å²) in [6.45, 7) is 2.03. The molecule has 0 aromatic heterocycles. The molecule has 130 valence electrons. The number of carbonyl (C=O) groups excluding carboxylic acids is 1. The monoisotopic (exact) mass is 346 g/mol. The number of amides is 1. The van der Waals surface area contributed by atoms with Crippen LogP contribution in [0.1, 0.15) is 17.3 Å². The lowest BCUT2D eigenvalue weighted by molar-refractivity contribution is 0.0456. The van der Waals surface area contributed by atoms with Gasteiger partial charge in [0.1, 0.15) is 0 Å². The largest absolute Gasteiger partial charge is 0.395 e. The Morgan fingerprint density at radius 1 is 1.30 bits per heavy atom. The summed E-state index contributed by atoms with van der Waals surface area (Å²) in [7, 11) is -3.78. The Labute approximate surface area is 135 Å². The molecule has 1 rings (SSSR count). The highest BCUT2D eigenvalue weighted by Crippen LogP contribution is 2.10. The smallest absolute Gasteiger partial charge is 0.251 e. The molecule has 0 heterocycles. The summed E-state index contributed by atoms with van der Waals surface area (Å²) < 4.78 is 31.4. The molecule has 0 aliphatic heterocycles. The number of aliphatic hydroxyl groups excluding tert-OH is 2. The molecule has 1 atom stereocenters. The number of hydrogen-bond acceptors (Lipinski definition) is 6. The van der Waals surface area contributed by atoms with E-state index in [1.54, 1.807) is 6.92 Å². The topological polar surface area (TPSA) is 125 Å². The van der Waals surface area contributed by atoms with Gasteiger partial charge in [-0.15, -0.1) is 0 Å². The van der Waals surface area contributed by atoms with Gasteiger partial charge < -0.3 is 20.3 Å². The van der Waals surface area contributed by atoms with Gasteiger partial charge in [0.15, 0.2) is 0 Å². The normalized spacial score (nSPS) is 12.8. The van der Waals surface area contributed by atoms with Crippen molar-refractivity contribution in [3.63, 3.8) is 0 Å². The minimum Gasteiger partial charge on any atom is -0.395 e. The van der Waals surface area contributed by atoms with Crippen LogP contribution in [0.5, 0.6) is 0 Å². The number of ether oxygens (including phenoxy) is 1. The lowest BCUT2D eigenvalue weighted by Gasteiger charge is -2.12. The second-order valence-electron chi connectivity index (χ2n) is 4.67. The van der Waals surface area contributed by atoms with Crippen LogP contribution in [0.25, 0.3) is 0 Å². The maximum absolute atomic E-state index is 12.1. The highest BCUT2D eigenvalue weighted by atomic mass is 32.2. The minimum atomic E-state index is -3.78. The van der Waals surface area contributed by atoms with Crippen LogP contribution in [0.4, 0.5) is 0 Å². The molecule has 0 saturated heterocycles. The highest BCUT2D eigenvalue weighted by molar-refractivity contribution is 7.89. The van der Waals surface area contributed by atoms with Gasteiger partial charge in [-0.25, -0.2) is 13.1 Å². The average Bonchev–Trinajstić information content (AvgIpc) is 2.56. The third-order valence-corrected chi connectivity index (χ3v) is 4.29. The lowest BCUT2D eigenvalue weighted by Crippen LogP contribution is -2.34. The van der Waals surface area contributed by atoms with Crippen molar-refractivity contribution >= 4 is 15.9 Å². The van der Waals surface area contributed by atoms with Crippen molar-refractivity contribution in [2.45, 2.75) is 17.9 Å². The number of hydrogen-bond donors (Lipinski definition) is 4. The fraction of sp³-hybridized carbons (Fsp3) is 0.500. The maximum atomic E-state index is 12.1. The molecule has 1 aromatic carbocycles. The van der Waals surface area contributed by atoms with Gasteiger partial charge in [0.25, 0.3) is 5.91 Å². The second-order valence-corrected chi connectivity index (χ2v) is 6.44. The minimum absolute atomic E-state index is 0.0141. The maximum Gasteiger partial charge on any atom is 0.251 e. The first-order valence-corrected chi connectivity index (χ1v) is 8.63. The van der Waals surface area contributed by atoms with Crippen molar-refractivity contribution in [1.82, 2.24) is 10.0 Å². The molecule has 4 N–H and O–H groups in total. The zero-order chi connectivity index (χ0) is 17.3. The molecule has 0 radical (unpaired) electrons. The fourth-order valence-electron chi connectivity index (χ4n) is 1.66. The van der Waals surface area contributed by atoms with Crippen molar-refractivity contribution in [3.05, 3.63) is 29.8 Å². The molecule has 0 aliphatic carbocycles. The van der Waals surface area contributed by atoms with Gasteiger partial charge in [-0.1, -0.05) is 0 Å². The number of nitrogens with one attached hydrogen (secondary N) is 2. The van der Waals surface area contributed by atoms with E-state index in [4.69, 9.17) is 9.84 Å². The van der Waals surface area contributed by atoms with E-state index in [2.05, 4.69) is 10.0 Å². The SMILES string of the molecule is CCOCC(O)CNS(=O)(=O)c1ccc(C(=O)NCCO)cc1. The predicted molar refractivity (Wildman–Crippen MR) is 83.5 cm³/mol. The van der Waals surface area contributed by atoms with Crippen molar-refractivity contribution in [3.8, 4) is 0 Å². The van der Waals surface area contributed by atoms with Gasteiger partial charge in [-0.3, -0.25) is 4.79 Å². The Bertz CT molecular complexity index is 588. The van der Waals surface area contributed by atoms with E-state index in [1.807, 2.05) is 0 Å². The van der Waals surface area contributed by atoms with E-state index >= 15 is 0 Å². The molecule has 8 nitrogen and oxygen atoms in total. The van der Waals surface area contributed by atoms with Crippen molar-refractivity contribution < 1.29 is 28.2 Å². The van der Waals surface area contributed by atoms with Crippen LogP contribution < -0.4 is 10.0 Å². The van der Waals surface area contributed by atoms with Crippen LogP contribution in [0.15, 0.2) is 29.2 Å². The summed E-state index contributed by atoms with van der Waals surface area (Å²) in [6.07, 6.45) is -0.937. The Morgan fingerprint density at radius 3 is 2.52 bits per heavy atom. The lowest BCUT2D eigenvalue weighted by atomic mass is 10.2. The second kappa shape index (κ2) is 9.58. The first-order valence-electron chi connectivity index (χ1n) is 7.15. The molecular formula is C14H22N2O6S. The number of benzene rings is 1. The van der Waals surface area contributed by atoms with E-state index < -0.39 is 22.0 Å². The van der Waals surface area contributed by atoms with Crippen molar-refractivity contribution in [2.75, 3.05) is 32.9 Å². The molecular weight excluding hydrogens is 324 g/mol. The molecule has 1 aromatic rings. The van der Waals surface area contributed by atoms with Crippen LogP contribution in [0.3, 0.4) is 0 Å². The van der Waals surface area contributed by atoms with E-state index in [9.17, 15) is 18.3 Å². The summed E-state index contributed by atoms with van der Waals surface area (Å²) in [5, 5.41) is 20.7. The van der Waals surface area contributed by atoms with Crippen LogP contribution in [0.2, 0.25) is 0 Å². The van der Waals surface area contributed by atoms with E-state index in [0.717, 1.165) is 0 Å². The van der Waals surface area contributed by atoms with Crippen molar-refractivity contribution in [1.29, 1.82) is 0 Å². The molecule has 1 unspecified atom stereocenters. The zero-order valence-electron chi connectivity index (χ0n) is 12.9. The highest BCUT2D eigenvalue weighted by Gasteiger charge is 2.16. The van der Waals surface area contributed by atoms with Crippen molar-refractivity contribution in [2.24, 2.45) is 0 Å². The summed E-state index contributed by atoms with van der Waals surface area (Å²) in [4.78, 5) is 11.6. The standard InChI is InChI=1S/C14H22N2O6S/c1-2-22-10-12(18)9-16-23(20,21)13-5-3-11(4-6-13)14(19)15-7-8-17/h3-6,12,16-18H,2,7-10H2,1H3,(H,15,19). The third-order valence-electron chi connectivity index (χ3n) is 2.85.